The Morgan fingerprint density at radius 1 is 1.39 bits per heavy atom. The van der Waals surface area contributed by atoms with Crippen LogP contribution >= 0.6 is 11.6 Å². The number of ether oxygens (including phenoxy) is 1. The Balaban J connectivity index is 2.30. The molecule has 1 aromatic rings. The lowest BCUT2D eigenvalue weighted by Crippen LogP contribution is -2.54. The van der Waals surface area contributed by atoms with Gasteiger partial charge in [0.15, 0.2) is 0 Å². The lowest BCUT2D eigenvalue weighted by atomic mass is 9.61. The van der Waals surface area contributed by atoms with Gasteiger partial charge in [-0.05, 0) is 38.5 Å². The van der Waals surface area contributed by atoms with Gasteiger partial charge < -0.3 is 10.5 Å². The SMILES string of the molecule is CC(C)(C)OC(=O)Nc1cc(Cl)ccc1C1(CN)CC(F)(F)C1. The monoisotopic (exact) mass is 346 g/mol. The Labute approximate surface area is 139 Å². The van der Waals surface area contributed by atoms with E-state index in [1.54, 1.807) is 32.9 Å². The van der Waals surface area contributed by atoms with E-state index in [2.05, 4.69) is 5.32 Å². The normalized spacial score (nSPS) is 18.9. The zero-order chi connectivity index (χ0) is 17.5. The topological polar surface area (TPSA) is 64.3 Å². The highest BCUT2D eigenvalue weighted by Crippen LogP contribution is 2.54. The van der Waals surface area contributed by atoms with Gasteiger partial charge in [-0.15, -0.1) is 0 Å². The van der Waals surface area contributed by atoms with E-state index in [-0.39, 0.29) is 19.4 Å². The lowest BCUT2D eigenvalue weighted by Gasteiger charge is -2.47. The van der Waals surface area contributed by atoms with Crippen LogP contribution in [0, 0.1) is 0 Å². The molecule has 23 heavy (non-hydrogen) atoms. The van der Waals surface area contributed by atoms with Crippen molar-refractivity contribution in [2.24, 2.45) is 5.73 Å². The molecule has 0 bridgehead atoms. The number of amides is 1. The molecule has 0 unspecified atom stereocenters. The van der Waals surface area contributed by atoms with E-state index in [1.807, 2.05) is 0 Å². The van der Waals surface area contributed by atoms with Crippen molar-refractivity contribution >= 4 is 23.4 Å². The highest BCUT2D eigenvalue weighted by molar-refractivity contribution is 6.31. The number of benzene rings is 1. The third kappa shape index (κ3) is 4.12. The van der Waals surface area contributed by atoms with Gasteiger partial charge in [-0.2, -0.15) is 0 Å². The number of nitrogens with two attached hydrogens (primary N) is 1. The Morgan fingerprint density at radius 2 is 2.00 bits per heavy atom. The average Bonchev–Trinajstić information content (AvgIpc) is 2.33. The second-order valence-corrected chi connectivity index (χ2v) is 7.45. The predicted molar refractivity (Wildman–Crippen MR) is 86.2 cm³/mol. The van der Waals surface area contributed by atoms with E-state index < -0.39 is 23.0 Å². The predicted octanol–water partition coefficient (Wildman–Crippen LogP) is 4.31. The van der Waals surface area contributed by atoms with Gasteiger partial charge in [-0.25, -0.2) is 13.6 Å². The number of alkyl halides is 2. The minimum absolute atomic E-state index is 0.0627. The fraction of sp³-hybridized carbons (Fsp3) is 0.562. The maximum atomic E-state index is 13.4. The van der Waals surface area contributed by atoms with Crippen LogP contribution < -0.4 is 11.1 Å². The van der Waals surface area contributed by atoms with Crippen LogP contribution in [0.25, 0.3) is 0 Å². The molecule has 1 aromatic carbocycles. The minimum atomic E-state index is -2.73. The summed E-state index contributed by atoms with van der Waals surface area (Å²) >= 11 is 5.97. The number of rotatable bonds is 3. The molecule has 128 valence electrons. The fourth-order valence-corrected chi connectivity index (χ4v) is 3.05. The summed E-state index contributed by atoms with van der Waals surface area (Å²) in [6, 6.07) is 4.76. The first-order chi connectivity index (χ1) is 10.5. The third-order valence-corrected chi connectivity index (χ3v) is 4.01. The van der Waals surface area contributed by atoms with E-state index in [0.29, 0.717) is 16.3 Å². The number of hydrogen-bond acceptors (Lipinski definition) is 3. The summed E-state index contributed by atoms with van der Waals surface area (Å²) in [7, 11) is 0. The fourth-order valence-electron chi connectivity index (χ4n) is 2.88. The molecule has 0 spiro atoms. The average molecular weight is 347 g/mol. The van der Waals surface area contributed by atoms with Crippen molar-refractivity contribution in [3.05, 3.63) is 28.8 Å². The number of anilines is 1. The summed E-state index contributed by atoms with van der Waals surface area (Å²) < 4.78 is 32.0. The Morgan fingerprint density at radius 3 is 2.48 bits per heavy atom. The molecule has 0 radical (unpaired) electrons. The summed E-state index contributed by atoms with van der Waals surface area (Å²) in [5.74, 6) is -2.73. The summed E-state index contributed by atoms with van der Waals surface area (Å²) in [6.07, 6.45) is -1.36. The first-order valence-corrected chi connectivity index (χ1v) is 7.72. The van der Waals surface area contributed by atoms with Crippen LogP contribution in [-0.4, -0.2) is 24.2 Å². The van der Waals surface area contributed by atoms with Crippen molar-refractivity contribution < 1.29 is 18.3 Å². The van der Waals surface area contributed by atoms with Gasteiger partial charge >= 0.3 is 6.09 Å². The highest BCUT2D eigenvalue weighted by Gasteiger charge is 2.57. The van der Waals surface area contributed by atoms with Crippen LogP contribution in [0.3, 0.4) is 0 Å². The number of carbonyl (C=O) groups excluding carboxylic acids is 1. The number of nitrogens with one attached hydrogen (secondary N) is 1. The van der Waals surface area contributed by atoms with Crippen LogP contribution in [-0.2, 0) is 10.2 Å². The zero-order valence-electron chi connectivity index (χ0n) is 13.4. The van der Waals surface area contributed by atoms with Crippen molar-refractivity contribution in [2.75, 3.05) is 11.9 Å². The Hall–Kier alpha value is -1.40. The first-order valence-electron chi connectivity index (χ1n) is 7.34. The van der Waals surface area contributed by atoms with Crippen LogP contribution in [0.1, 0.15) is 39.2 Å². The van der Waals surface area contributed by atoms with E-state index >= 15 is 0 Å². The molecule has 1 fully saturated rings. The molecule has 1 saturated carbocycles. The molecule has 0 aromatic heterocycles. The maximum absolute atomic E-state index is 13.4. The van der Waals surface area contributed by atoms with Crippen molar-refractivity contribution in [3.63, 3.8) is 0 Å². The Kier molecular flexibility index (Phi) is 4.61. The van der Waals surface area contributed by atoms with Gasteiger partial charge in [0.2, 0.25) is 5.92 Å². The minimum Gasteiger partial charge on any atom is -0.444 e. The molecule has 7 heteroatoms. The van der Waals surface area contributed by atoms with Crippen molar-refractivity contribution in [3.8, 4) is 0 Å². The second-order valence-electron chi connectivity index (χ2n) is 7.01. The van der Waals surface area contributed by atoms with E-state index in [1.165, 1.54) is 6.07 Å². The summed E-state index contributed by atoms with van der Waals surface area (Å²) in [4.78, 5) is 12.0. The quantitative estimate of drug-likeness (QED) is 0.857. The van der Waals surface area contributed by atoms with E-state index in [9.17, 15) is 13.6 Å². The second kappa shape index (κ2) is 5.91. The van der Waals surface area contributed by atoms with Crippen molar-refractivity contribution in [1.82, 2.24) is 0 Å². The third-order valence-electron chi connectivity index (χ3n) is 3.77. The highest BCUT2D eigenvalue weighted by atomic mass is 35.5. The molecule has 3 N–H and O–H groups in total. The molecule has 0 aliphatic heterocycles. The molecule has 1 aliphatic rings. The smallest absolute Gasteiger partial charge is 0.412 e. The molecule has 2 rings (SSSR count). The molecule has 1 aliphatic carbocycles. The maximum Gasteiger partial charge on any atom is 0.412 e. The van der Waals surface area contributed by atoms with Gasteiger partial charge in [0.05, 0.1) is 0 Å². The van der Waals surface area contributed by atoms with Gasteiger partial charge in [0.1, 0.15) is 5.60 Å². The van der Waals surface area contributed by atoms with Crippen LogP contribution in [0.5, 0.6) is 0 Å². The molecule has 0 heterocycles. The van der Waals surface area contributed by atoms with Crippen molar-refractivity contribution in [2.45, 2.75) is 50.6 Å². The number of hydrogen-bond donors (Lipinski definition) is 2. The Bertz CT molecular complexity index is 607. The molecular weight excluding hydrogens is 326 g/mol. The molecule has 0 saturated heterocycles. The standard InChI is InChI=1S/C16H21ClF2N2O2/c1-14(2,3)23-13(22)21-12-6-10(17)4-5-11(12)15(9-20)7-16(18,19)8-15/h4-6H,7-9,20H2,1-3H3,(H,21,22). The zero-order valence-corrected chi connectivity index (χ0v) is 14.1. The summed E-state index contributed by atoms with van der Waals surface area (Å²) in [6.45, 7) is 5.27. The molecule has 4 nitrogen and oxygen atoms in total. The molecular formula is C16H21ClF2N2O2. The number of carbonyl (C=O) groups is 1. The van der Waals surface area contributed by atoms with Gasteiger partial charge in [-0.1, -0.05) is 17.7 Å². The van der Waals surface area contributed by atoms with Crippen molar-refractivity contribution in [1.29, 1.82) is 0 Å². The van der Waals surface area contributed by atoms with E-state index in [0.717, 1.165) is 0 Å². The summed E-state index contributed by atoms with van der Waals surface area (Å²) in [5, 5.41) is 2.98. The molecule has 0 atom stereocenters. The lowest BCUT2D eigenvalue weighted by molar-refractivity contribution is -0.123. The van der Waals surface area contributed by atoms with E-state index in [4.69, 9.17) is 22.1 Å². The first kappa shape index (κ1) is 17.9. The van der Waals surface area contributed by atoms with Gasteiger partial charge in [0.25, 0.3) is 0 Å². The van der Waals surface area contributed by atoms with Crippen LogP contribution in [0.15, 0.2) is 18.2 Å². The summed E-state index contributed by atoms with van der Waals surface area (Å²) in [5.41, 5.74) is 5.13. The van der Waals surface area contributed by atoms with Crippen LogP contribution in [0.4, 0.5) is 19.3 Å². The largest absolute Gasteiger partial charge is 0.444 e. The van der Waals surface area contributed by atoms with Gasteiger partial charge in [-0.3, -0.25) is 5.32 Å². The van der Waals surface area contributed by atoms with Crippen LogP contribution in [0.2, 0.25) is 5.02 Å². The number of halogens is 3. The molecule has 1 amide bonds. The van der Waals surface area contributed by atoms with Gasteiger partial charge in [0, 0.05) is 35.5 Å².